The average molecular weight is 184 g/mol. The Balaban J connectivity index is 1.97. The van der Waals surface area contributed by atoms with Crippen LogP contribution in [0.1, 0.15) is 12.8 Å². The lowest BCUT2D eigenvalue weighted by molar-refractivity contribution is 0.398. The maximum Gasteiger partial charge on any atom is 0.0812 e. The Hall–Kier alpha value is -0.0831. The van der Waals surface area contributed by atoms with Gasteiger partial charge < -0.3 is 4.74 Å². The van der Waals surface area contributed by atoms with Gasteiger partial charge in [-0.1, -0.05) is 31.8 Å². The Morgan fingerprint density at radius 1 is 1.33 bits per heavy atom. The summed E-state index contributed by atoms with van der Waals surface area (Å²) in [5.41, 5.74) is 0. The van der Waals surface area contributed by atoms with Gasteiger partial charge in [-0.3, -0.25) is 0 Å². The van der Waals surface area contributed by atoms with Crippen LogP contribution in [0.3, 0.4) is 0 Å². The van der Waals surface area contributed by atoms with E-state index in [1.165, 1.54) is 18.9 Å². The zero-order valence-electron chi connectivity index (χ0n) is 8.47. The molecule has 70 valence electrons. The predicted octanol–water partition coefficient (Wildman–Crippen LogP) is 3.06. The van der Waals surface area contributed by atoms with E-state index in [0.29, 0.717) is 6.10 Å². The molecular weight excluding hydrogens is 164 g/mol. The first-order valence-electron chi connectivity index (χ1n) is 4.84. The zero-order chi connectivity index (χ0) is 9.03. The Kier molecular flexibility index (Phi) is 3.53. The minimum absolute atomic E-state index is 0.599. The number of rotatable bonds is 5. The molecule has 0 spiro atoms. The van der Waals surface area contributed by atoms with Crippen LogP contribution >= 0.6 is 0 Å². The van der Waals surface area contributed by atoms with Gasteiger partial charge in [0.1, 0.15) is 0 Å². The van der Waals surface area contributed by atoms with Crippen LogP contribution in [0.5, 0.6) is 0 Å². The van der Waals surface area contributed by atoms with Crippen molar-refractivity contribution in [1.29, 1.82) is 0 Å². The first-order chi connectivity index (χ1) is 5.58. The highest BCUT2D eigenvalue weighted by molar-refractivity contribution is 6.76. The van der Waals surface area contributed by atoms with E-state index in [0.717, 1.165) is 6.61 Å². The summed E-state index contributed by atoms with van der Waals surface area (Å²) in [7, 11) is -0.837. The van der Waals surface area contributed by atoms with Gasteiger partial charge >= 0.3 is 0 Å². The predicted molar refractivity (Wildman–Crippen MR) is 56.3 cm³/mol. The smallest absolute Gasteiger partial charge is 0.0812 e. The van der Waals surface area contributed by atoms with Crippen molar-refractivity contribution in [2.45, 2.75) is 44.6 Å². The van der Waals surface area contributed by atoms with Crippen molar-refractivity contribution in [2.24, 2.45) is 0 Å². The van der Waals surface area contributed by atoms with Crippen molar-refractivity contribution in [3.8, 4) is 0 Å². The molecule has 1 fully saturated rings. The van der Waals surface area contributed by atoms with Crippen LogP contribution in [0, 0.1) is 0 Å². The van der Waals surface area contributed by atoms with Crippen LogP contribution in [0.2, 0.25) is 25.7 Å². The molecule has 2 heteroatoms. The molecule has 0 radical (unpaired) electrons. The van der Waals surface area contributed by atoms with E-state index in [2.05, 4.69) is 31.8 Å². The zero-order valence-corrected chi connectivity index (χ0v) is 9.47. The minimum atomic E-state index is -0.837. The summed E-state index contributed by atoms with van der Waals surface area (Å²) < 4.78 is 5.13. The molecule has 1 aliphatic rings. The fraction of sp³-hybridized carbons (Fsp3) is 0.800. The molecule has 0 aromatic heterocycles. The lowest BCUT2D eigenvalue weighted by Crippen LogP contribution is -2.17. The third-order valence-corrected chi connectivity index (χ3v) is 3.42. The quantitative estimate of drug-likeness (QED) is 0.363. The Morgan fingerprint density at radius 3 is 2.50 bits per heavy atom. The Morgan fingerprint density at radius 2 is 2.00 bits per heavy atom. The second-order valence-electron chi connectivity index (χ2n) is 4.77. The molecule has 0 amide bonds. The molecule has 1 heterocycles. The second kappa shape index (κ2) is 4.24. The van der Waals surface area contributed by atoms with Crippen LogP contribution in [0.15, 0.2) is 12.2 Å². The Bertz CT molecular complexity index is 154. The molecule has 0 saturated carbocycles. The van der Waals surface area contributed by atoms with Gasteiger partial charge in [-0.2, -0.15) is 0 Å². The van der Waals surface area contributed by atoms with E-state index in [4.69, 9.17) is 4.74 Å². The number of epoxide rings is 1. The second-order valence-corrected chi connectivity index (χ2v) is 10.3. The molecule has 0 aliphatic carbocycles. The van der Waals surface area contributed by atoms with Gasteiger partial charge in [-0.05, 0) is 18.9 Å². The van der Waals surface area contributed by atoms with Crippen molar-refractivity contribution in [2.75, 3.05) is 6.61 Å². The number of hydrogen-bond acceptors (Lipinski definition) is 1. The maximum absolute atomic E-state index is 5.13. The molecule has 1 unspecified atom stereocenters. The summed E-state index contributed by atoms with van der Waals surface area (Å²) in [4.78, 5) is 0. The molecule has 0 aromatic rings. The molecule has 0 bridgehead atoms. The third-order valence-electron chi connectivity index (χ3n) is 1.95. The lowest BCUT2D eigenvalue weighted by atomic mass is 10.2. The molecule has 1 aliphatic heterocycles. The van der Waals surface area contributed by atoms with Gasteiger partial charge in [-0.15, -0.1) is 0 Å². The van der Waals surface area contributed by atoms with Crippen LogP contribution in [-0.2, 0) is 4.74 Å². The van der Waals surface area contributed by atoms with E-state index in [1.807, 2.05) is 0 Å². The van der Waals surface area contributed by atoms with Crippen molar-refractivity contribution >= 4 is 8.07 Å². The fourth-order valence-electron chi connectivity index (χ4n) is 1.07. The standard InChI is InChI=1S/C10H20OSi/c1-12(2,3)8-6-4-5-7-10-9-11-10/h4,6,10H,5,7-9H2,1-3H3/b6-4+. The van der Waals surface area contributed by atoms with Gasteiger partial charge in [0.15, 0.2) is 0 Å². The average Bonchev–Trinajstić information content (AvgIpc) is 2.68. The van der Waals surface area contributed by atoms with Gasteiger partial charge in [0.05, 0.1) is 12.7 Å². The molecule has 12 heavy (non-hydrogen) atoms. The molecular formula is C10H20OSi. The molecule has 1 saturated heterocycles. The summed E-state index contributed by atoms with van der Waals surface area (Å²) in [5.74, 6) is 0. The highest BCUT2D eigenvalue weighted by atomic mass is 28.3. The molecule has 1 rings (SSSR count). The molecule has 0 aromatic carbocycles. The van der Waals surface area contributed by atoms with Gasteiger partial charge in [-0.25, -0.2) is 0 Å². The van der Waals surface area contributed by atoms with Gasteiger partial charge in [0.2, 0.25) is 0 Å². The van der Waals surface area contributed by atoms with Crippen LogP contribution in [0.25, 0.3) is 0 Å². The normalized spacial score (nSPS) is 23.4. The maximum atomic E-state index is 5.13. The summed E-state index contributed by atoms with van der Waals surface area (Å²) >= 11 is 0. The number of ether oxygens (including phenoxy) is 1. The molecule has 0 N–H and O–H groups in total. The third kappa shape index (κ3) is 5.55. The summed E-state index contributed by atoms with van der Waals surface area (Å²) in [5, 5.41) is 0. The van der Waals surface area contributed by atoms with Gasteiger partial charge in [0.25, 0.3) is 0 Å². The van der Waals surface area contributed by atoms with Crippen molar-refractivity contribution < 1.29 is 4.74 Å². The summed E-state index contributed by atoms with van der Waals surface area (Å²) in [6.45, 7) is 8.21. The SMILES string of the molecule is C[Si](C)(C)C/C=C/CCC1CO1. The van der Waals surface area contributed by atoms with Crippen LogP contribution < -0.4 is 0 Å². The number of hydrogen-bond donors (Lipinski definition) is 0. The first kappa shape index (κ1) is 10.0. The minimum Gasteiger partial charge on any atom is -0.373 e. The largest absolute Gasteiger partial charge is 0.373 e. The molecule has 1 nitrogen and oxygen atoms in total. The van der Waals surface area contributed by atoms with Crippen molar-refractivity contribution in [1.82, 2.24) is 0 Å². The fourth-order valence-corrected chi connectivity index (χ4v) is 1.95. The highest BCUT2D eigenvalue weighted by Crippen LogP contribution is 2.16. The topological polar surface area (TPSA) is 12.5 Å². The van der Waals surface area contributed by atoms with Crippen molar-refractivity contribution in [3.05, 3.63) is 12.2 Å². The first-order valence-corrected chi connectivity index (χ1v) is 8.55. The van der Waals surface area contributed by atoms with E-state index in [9.17, 15) is 0 Å². The van der Waals surface area contributed by atoms with E-state index < -0.39 is 8.07 Å². The van der Waals surface area contributed by atoms with Crippen LogP contribution in [-0.4, -0.2) is 20.8 Å². The molecule has 1 atom stereocenters. The monoisotopic (exact) mass is 184 g/mol. The van der Waals surface area contributed by atoms with E-state index in [-0.39, 0.29) is 0 Å². The van der Waals surface area contributed by atoms with E-state index in [1.54, 1.807) is 0 Å². The number of allylic oxidation sites excluding steroid dienone is 2. The van der Waals surface area contributed by atoms with Crippen molar-refractivity contribution in [3.63, 3.8) is 0 Å². The Labute approximate surface area is 76.8 Å². The lowest BCUT2D eigenvalue weighted by Gasteiger charge is -2.11. The van der Waals surface area contributed by atoms with E-state index >= 15 is 0 Å². The highest BCUT2D eigenvalue weighted by Gasteiger charge is 2.20. The summed E-state index contributed by atoms with van der Waals surface area (Å²) in [6.07, 6.45) is 7.70. The van der Waals surface area contributed by atoms with Gasteiger partial charge in [0, 0.05) is 8.07 Å². The summed E-state index contributed by atoms with van der Waals surface area (Å²) in [6, 6.07) is 1.32. The van der Waals surface area contributed by atoms with Crippen LogP contribution in [0.4, 0.5) is 0 Å².